The summed E-state index contributed by atoms with van der Waals surface area (Å²) in [5.41, 5.74) is 9.69. The van der Waals surface area contributed by atoms with E-state index in [1.807, 2.05) is 25.1 Å². The Morgan fingerprint density at radius 2 is 1.86 bits per heavy atom. The summed E-state index contributed by atoms with van der Waals surface area (Å²) in [5.74, 6) is -0.234. The molecule has 0 unspecified atom stereocenters. The lowest BCUT2D eigenvalue weighted by molar-refractivity contribution is 0.628. The van der Waals surface area contributed by atoms with Gasteiger partial charge in [-0.3, -0.25) is 0 Å². The maximum Gasteiger partial charge on any atom is 0.124 e. The van der Waals surface area contributed by atoms with E-state index >= 15 is 0 Å². The molecule has 0 amide bonds. The summed E-state index contributed by atoms with van der Waals surface area (Å²) in [6, 6.07) is 14.5. The second-order valence-electron chi connectivity index (χ2n) is 4.84. The third-order valence-electron chi connectivity index (χ3n) is 3.32. The molecule has 0 spiro atoms. The molecule has 2 nitrogen and oxygen atoms in total. The van der Waals surface area contributed by atoms with Crippen LogP contribution in [0.3, 0.4) is 0 Å². The highest BCUT2D eigenvalue weighted by Gasteiger charge is 2.11. The Morgan fingerprint density at radius 3 is 2.57 bits per heavy atom. The maximum absolute atomic E-state index is 13.0. The molecule has 0 atom stereocenters. The van der Waals surface area contributed by atoms with Gasteiger partial charge in [-0.1, -0.05) is 18.2 Å². The number of thiazole rings is 1. The molecule has 0 saturated heterocycles. The first-order valence-electron chi connectivity index (χ1n) is 6.70. The molecule has 3 rings (SSSR count). The highest BCUT2D eigenvalue weighted by atomic mass is 32.1. The predicted molar refractivity (Wildman–Crippen MR) is 85.6 cm³/mol. The molecule has 2 aromatic carbocycles. The van der Waals surface area contributed by atoms with E-state index in [9.17, 15) is 4.39 Å². The van der Waals surface area contributed by atoms with Gasteiger partial charge < -0.3 is 5.73 Å². The van der Waals surface area contributed by atoms with Gasteiger partial charge in [0, 0.05) is 22.5 Å². The van der Waals surface area contributed by atoms with Crippen LogP contribution in [0.1, 0.15) is 10.4 Å². The Hall–Kier alpha value is -2.04. The second kappa shape index (κ2) is 5.76. The fraction of sp³-hybridized carbons (Fsp3) is 0.118. The van der Waals surface area contributed by atoms with E-state index in [0.717, 1.165) is 32.3 Å². The summed E-state index contributed by atoms with van der Waals surface area (Å²) in [5, 5.41) is 0.960. The molecule has 3 aromatic rings. The number of hydrogen-bond acceptors (Lipinski definition) is 3. The molecule has 1 aromatic heterocycles. The van der Waals surface area contributed by atoms with Crippen molar-refractivity contribution in [3.8, 4) is 21.8 Å². The van der Waals surface area contributed by atoms with Crippen LogP contribution >= 0.6 is 11.3 Å². The van der Waals surface area contributed by atoms with Crippen molar-refractivity contribution in [2.45, 2.75) is 13.5 Å². The van der Waals surface area contributed by atoms with Crippen LogP contribution < -0.4 is 5.73 Å². The van der Waals surface area contributed by atoms with E-state index in [2.05, 4.69) is 6.07 Å². The van der Waals surface area contributed by atoms with Crippen molar-refractivity contribution in [1.29, 1.82) is 0 Å². The van der Waals surface area contributed by atoms with Crippen molar-refractivity contribution in [3.63, 3.8) is 0 Å². The molecule has 1 heterocycles. The normalized spacial score (nSPS) is 10.8. The molecule has 0 aliphatic heterocycles. The lowest BCUT2D eigenvalue weighted by atomic mass is 10.1. The van der Waals surface area contributed by atoms with Gasteiger partial charge in [-0.15, -0.1) is 11.3 Å². The minimum atomic E-state index is -0.234. The fourth-order valence-corrected chi connectivity index (χ4v) is 3.16. The molecule has 0 saturated carbocycles. The van der Waals surface area contributed by atoms with Gasteiger partial charge >= 0.3 is 0 Å². The van der Waals surface area contributed by atoms with Crippen molar-refractivity contribution in [1.82, 2.24) is 4.98 Å². The molecule has 0 bridgehead atoms. The topological polar surface area (TPSA) is 38.9 Å². The third kappa shape index (κ3) is 2.86. The lowest BCUT2D eigenvalue weighted by Gasteiger charge is -2.00. The smallest absolute Gasteiger partial charge is 0.124 e. The first-order valence-corrected chi connectivity index (χ1v) is 7.52. The summed E-state index contributed by atoms with van der Waals surface area (Å²) >= 11 is 1.64. The predicted octanol–water partition coefficient (Wildman–Crippen LogP) is 4.38. The van der Waals surface area contributed by atoms with Crippen LogP contribution in [0.2, 0.25) is 0 Å². The van der Waals surface area contributed by atoms with Crippen LogP contribution in [0, 0.1) is 12.7 Å². The van der Waals surface area contributed by atoms with Crippen LogP contribution in [0.15, 0.2) is 48.5 Å². The minimum absolute atomic E-state index is 0.234. The number of benzene rings is 2. The zero-order valence-corrected chi connectivity index (χ0v) is 12.5. The molecular weight excluding hydrogens is 283 g/mol. The minimum Gasteiger partial charge on any atom is -0.326 e. The molecule has 4 heteroatoms. The molecule has 2 N–H and O–H groups in total. The summed E-state index contributed by atoms with van der Waals surface area (Å²) in [4.78, 5) is 5.83. The van der Waals surface area contributed by atoms with Crippen molar-refractivity contribution in [3.05, 3.63) is 64.8 Å². The van der Waals surface area contributed by atoms with Crippen LogP contribution in [0.5, 0.6) is 0 Å². The SMILES string of the molecule is Cc1sc(-c2cccc(CN)c2)nc1-c1ccc(F)cc1. The summed E-state index contributed by atoms with van der Waals surface area (Å²) in [7, 11) is 0. The molecule has 0 fully saturated rings. The fourth-order valence-electron chi connectivity index (χ4n) is 2.23. The lowest BCUT2D eigenvalue weighted by Crippen LogP contribution is -1.95. The average Bonchev–Trinajstić information content (AvgIpc) is 2.90. The number of rotatable bonds is 3. The van der Waals surface area contributed by atoms with E-state index in [1.54, 1.807) is 23.5 Å². The van der Waals surface area contributed by atoms with Crippen LogP contribution in [-0.4, -0.2) is 4.98 Å². The third-order valence-corrected chi connectivity index (χ3v) is 4.34. The Balaban J connectivity index is 2.02. The average molecular weight is 298 g/mol. The first kappa shape index (κ1) is 13.9. The highest BCUT2D eigenvalue weighted by Crippen LogP contribution is 2.33. The van der Waals surface area contributed by atoms with Gasteiger partial charge in [-0.05, 0) is 42.8 Å². The highest BCUT2D eigenvalue weighted by molar-refractivity contribution is 7.15. The van der Waals surface area contributed by atoms with Crippen LogP contribution in [0.25, 0.3) is 21.8 Å². The molecule has 0 aliphatic rings. The molecular formula is C17H15FN2S. The Morgan fingerprint density at radius 1 is 1.10 bits per heavy atom. The van der Waals surface area contributed by atoms with E-state index < -0.39 is 0 Å². The van der Waals surface area contributed by atoms with Crippen molar-refractivity contribution in [2.24, 2.45) is 5.73 Å². The van der Waals surface area contributed by atoms with Crippen LogP contribution in [-0.2, 0) is 6.54 Å². The van der Waals surface area contributed by atoms with Gasteiger partial charge in [0.2, 0.25) is 0 Å². The summed E-state index contributed by atoms with van der Waals surface area (Å²) in [6.07, 6.45) is 0. The largest absolute Gasteiger partial charge is 0.326 e. The van der Waals surface area contributed by atoms with Gasteiger partial charge in [0.25, 0.3) is 0 Å². The van der Waals surface area contributed by atoms with Gasteiger partial charge in [-0.2, -0.15) is 0 Å². The van der Waals surface area contributed by atoms with E-state index in [-0.39, 0.29) is 5.82 Å². The van der Waals surface area contributed by atoms with Gasteiger partial charge in [-0.25, -0.2) is 9.37 Å². The number of hydrogen-bond donors (Lipinski definition) is 1. The Labute approximate surface area is 127 Å². The molecule has 0 radical (unpaired) electrons. The van der Waals surface area contributed by atoms with Crippen LogP contribution in [0.4, 0.5) is 4.39 Å². The van der Waals surface area contributed by atoms with Gasteiger partial charge in [0.15, 0.2) is 0 Å². The Bertz CT molecular complexity index is 763. The molecule has 0 aliphatic carbocycles. The van der Waals surface area contributed by atoms with Gasteiger partial charge in [0.05, 0.1) is 5.69 Å². The van der Waals surface area contributed by atoms with E-state index in [4.69, 9.17) is 10.7 Å². The molecule has 106 valence electrons. The van der Waals surface area contributed by atoms with Crippen molar-refractivity contribution < 1.29 is 4.39 Å². The van der Waals surface area contributed by atoms with E-state index in [0.29, 0.717) is 6.54 Å². The Kier molecular flexibility index (Phi) is 3.82. The zero-order chi connectivity index (χ0) is 14.8. The second-order valence-corrected chi connectivity index (χ2v) is 6.04. The number of halogens is 1. The first-order chi connectivity index (χ1) is 10.2. The number of nitrogens with two attached hydrogens (primary N) is 1. The molecule has 21 heavy (non-hydrogen) atoms. The maximum atomic E-state index is 13.0. The number of aryl methyl sites for hydroxylation is 1. The summed E-state index contributed by atoms with van der Waals surface area (Å²) in [6.45, 7) is 2.55. The number of aromatic nitrogens is 1. The van der Waals surface area contributed by atoms with E-state index in [1.165, 1.54) is 12.1 Å². The standard InChI is InChI=1S/C17H15FN2S/c1-11-16(13-5-7-15(18)8-6-13)20-17(21-11)14-4-2-3-12(9-14)10-19/h2-9H,10,19H2,1H3. The zero-order valence-electron chi connectivity index (χ0n) is 11.6. The van der Waals surface area contributed by atoms with Gasteiger partial charge in [0.1, 0.15) is 10.8 Å². The van der Waals surface area contributed by atoms with Crippen molar-refractivity contribution >= 4 is 11.3 Å². The van der Waals surface area contributed by atoms with Crippen molar-refractivity contribution in [2.75, 3.05) is 0 Å². The number of nitrogens with zero attached hydrogens (tertiary/aromatic N) is 1. The summed E-state index contributed by atoms with van der Waals surface area (Å²) < 4.78 is 13.0. The quantitative estimate of drug-likeness (QED) is 0.779. The monoisotopic (exact) mass is 298 g/mol.